The van der Waals surface area contributed by atoms with E-state index in [0.29, 0.717) is 26.4 Å². The van der Waals surface area contributed by atoms with Crippen molar-refractivity contribution in [1.29, 1.82) is 0 Å². The molecule has 0 rings (SSSR count). The number of ether oxygens (including phenoxy) is 3. The Balaban J connectivity index is 5.08. The van der Waals surface area contributed by atoms with E-state index in [0.717, 1.165) is 51.4 Å². The van der Waals surface area contributed by atoms with E-state index < -0.39 is 5.97 Å². The predicted molar refractivity (Wildman–Crippen MR) is 120 cm³/mol. The summed E-state index contributed by atoms with van der Waals surface area (Å²) in [7, 11) is 0. The molecule has 0 aromatic carbocycles. The van der Waals surface area contributed by atoms with Gasteiger partial charge in [0.1, 0.15) is 0 Å². The summed E-state index contributed by atoms with van der Waals surface area (Å²) in [5, 5.41) is 0. The molecule has 0 spiro atoms. The van der Waals surface area contributed by atoms with Gasteiger partial charge in [0.25, 0.3) is 5.97 Å². The molecule has 28 heavy (non-hydrogen) atoms. The van der Waals surface area contributed by atoms with Crippen LogP contribution in [0.4, 0.5) is 0 Å². The van der Waals surface area contributed by atoms with Crippen molar-refractivity contribution in [3.63, 3.8) is 0 Å². The molecule has 0 amide bonds. The van der Waals surface area contributed by atoms with E-state index >= 15 is 0 Å². The maximum atomic E-state index is 6.37. The van der Waals surface area contributed by atoms with Crippen LogP contribution >= 0.6 is 0 Å². The summed E-state index contributed by atoms with van der Waals surface area (Å²) < 4.78 is 19.1. The highest BCUT2D eigenvalue weighted by molar-refractivity contribution is 4.74. The number of rotatable bonds is 22. The van der Waals surface area contributed by atoms with Crippen LogP contribution in [0.2, 0.25) is 0 Å². The van der Waals surface area contributed by atoms with Crippen molar-refractivity contribution in [1.82, 2.24) is 0 Å². The van der Waals surface area contributed by atoms with Crippen molar-refractivity contribution in [2.24, 2.45) is 11.7 Å². The van der Waals surface area contributed by atoms with Gasteiger partial charge in [0, 0.05) is 5.92 Å². The number of nitrogens with two attached hydrogens (primary N) is 1. The van der Waals surface area contributed by atoms with Gasteiger partial charge in [0.2, 0.25) is 0 Å². The van der Waals surface area contributed by atoms with Crippen LogP contribution in [0, 0.1) is 5.92 Å². The molecule has 0 aliphatic heterocycles. The van der Waals surface area contributed by atoms with Gasteiger partial charge in [0.15, 0.2) is 0 Å². The Bertz CT molecular complexity index is 286. The molecular weight excluding hydrogens is 350 g/mol. The molecule has 0 radical (unpaired) electrons. The summed E-state index contributed by atoms with van der Waals surface area (Å²) in [5.41, 5.74) is 5.99. The molecular formula is C24H51NO3. The first-order valence-corrected chi connectivity index (χ1v) is 12.3. The first-order chi connectivity index (χ1) is 13.7. The van der Waals surface area contributed by atoms with Gasteiger partial charge in [-0.25, -0.2) is 0 Å². The van der Waals surface area contributed by atoms with Gasteiger partial charge in [-0.1, -0.05) is 85.5 Å². The minimum absolute atomic E-state index is 0.203. The Labute approximate surface area is 176 Å². The molecule has 0 aromatic rings. The number of unbranched alkanes of at least 4 members (excludes halogenated alkanes) is 8. The van der Waals surface area contributed by atoms with Crippen molar-refractivity contribution in [3.8, 4) is 0 Å². The zero-order valence-corrected chi connectivity index (χ0v) is 19.6. The molecule has 170 valence electrons. The van der Waals surface area contributed by atoms with Gasteiger partial charge < -0.3 is 19.9 Å². The minimum atomic E-state index is -0.914. The normalized spacial score (nSPS) is 13.2. The van der Waals surface area contributed by atoms with E-state index in [2.05, 4.69) is 27.7 Å². The van der Waals surface area contributed by atoms with Gasteiger partial charge in [-0.15, -0.1) is 0 Å². The molecule has 4 heteroatoms. The highest BCUT2D eigenvalue weighted by Gasteiger charge is 2.42. The standard InChI is InChI=1S/C24H51NO3/c1-5-9-13-14-15-16-17-23(18-19-25)24(26-20-10-6-2,27-21-11-7-3)28-22-12-8-4/h23H,5-22,25H2,1-4H3. The van der Waals surface area contributed by atoms with Crippen LogP contribution in [0.15, 0.2) is 0 Å². The fourth-order valence-corrected chi connectivity index (χ4v) is 3.42. The zero-order chi connectivity index (χ0) is 20.9. The quantitative estimate of drug-likeness (QED) is 0.160. The third-order valence-corrected chi connectivity index (χ3v) is 5.32. The van der Waals surface area contributed by atoms with E-state index in [1.54, 1.807) is 0 Å². The van der Waals surface area contributed by atoms with Crippen molar-refractivity contribution < 1.29 is 14.2 Å². The second-order valence-electron chi connectivity index (χ2n) is 8.04. The predicted octanol–water partition coefficient (Wildman–Crippen LogP) is 6.81. The van der Waals surface area contributed by atoms with Gasteiger partial charge in [-0.3, -0.25) is 0 Å². The molecule has 0 bridgehead atoms. The van der Waals surface area contributed by atoms with Crippen LogP contribution in [0.5, 0.6) is 0 Å². The van der Waals surface area contributed by atoms with Gasteiger partial charge in [-0.05, 0) is 38.6 Å². The minimum Gasteiger partial charge on any atom is -0.330 e. The van der Waals surface area contributed by atoms with Crippen molar-refractivity contribution in [2.75, 3.05) is 26.4 Å². The summed E-state index contributed by atoms with van der Waals surface area (Å²) in [6.45, 7) is 11.5. The van der Waals surface area contributed by atoms with E-state index in [4.69, 9.17) is 19.9 Å². The average molecular weight is 402 g/mol. The van der Waals surface area contributed by atoms with Crippen LogP contribution in [0.25, 0.3) is 0 Å². The molecule has 0 aliphatic carbocycles. The lowest BCUT2D eigenvalue weighted by Gasteiger charge is -2.40. The van der Waals surface area contributed by atoms with Crippen LogP contribution < -0.4 is 5.73 Å². The van der Waals surface area contributed by atoms with Crippen molar-refractivity contribution in [3.05, 3.63) is 0 Å². The van der Waals surface area contributed by atoms with E-state index in [9.17, 15) is 0 Å². The molecule has 0 aliphatic rings. The average Bonchev–Trinajstić information content (AvgIpc) is 2.70. The summed E-state index contributed by atoms with van der Waals surface area (Å²) in [6.07, 6.45) is 16.1. The number of hydrogen-bond acceptors (Lipinski definition) is 4. The Morgan fingerprint density at radius 1 is 0.571 bits per heavy atom. The smallest absolute Gasteiger partial charge is 0.285 e. The van der Waals surface area contributed by atoms with Gasteiger partial charge >= 0.3 is 0 Å². The fraction of sp³-hybridized carbons (Fsp3) is 1.00. The SMILES string of the molecule is CCCCCCCCC(CCN)C(OCCCC)(OCCCC)OCCCC. The molecule has 0 heterocycles. The monoisotopic (exact) mass is 401 g/mol. The maximum absolute atomic E-state index is 6.37. The lowest BCUT2D eigenvalue weighted by Crippen LogP contribution is -2.48. The zero-order valence-electron chi connectivity index (χ0n) is 19.6. The second-order valence-corrected chi connectivity index (χ2v) is 8.04. The van der Waals surface area contributed by atoms with E-state index in [-0.39, 0.29) is 5.92 Å². The molecule has 0 fully saturated rings. The first kappa shape index (κ1) is 27.8. The third-order valence-electron chi connectivity index (χ3n) is 5.32. The lowest BCUT2D eigenvalue weighted by molar-refractivity contribution is -0.407. The van der Waals surface area contributed by atoms with Crippen LogP contribution in [-0.2, 0) is 14.2 Å². The highest BCUT2D eigenvalue weighted by Crippen LogP contribution is 2.33. The Morgan fingerprint density at radius 3 is 1.43 bits per heavy atom. The molecule has 0 saturated heterocycles. The van der Waals surface area contributed by atoms with E-state index in [1.165, 1.54) is 38.5 Å². The van der Waals surface area contributed by atoms with E-state index in [1.807, 2.05) is 0 Å². The molecule has 0 saturated carbocycles. The summed E-state index contributed by atoms with van der Waals surface area (Å²) in [6, 6.07) is 0. The van der Waals surface area contributed by atoms with Gasteiger partial charge in [-0.2, -0.15) is 0 Å². The Hall–Kier alpha value is -0.160. The molecule has 2 N–H and O–H groups in total. The largest absolute Gasteiger partial charge is 0.330 e. The summed E-state index contributed by atoms with van der Waals surface area (Å²) >= 11 is 0. The lowest BCUT2D eigenvalue weighted by atomic mass is 9.94. The van der Waals surface area contributed by atoms with Gasteiger partial charge in [0.05, 0.1) is 19.8 Å². The summed E-state index contributed by atoms with van der Waals surface area (Å²) in [5.74, 6) is -0.711. The van der Waals surface area contributed by atoms with Crippen molar-refractivity contribution in [2.45, 2.75) is 124 Å². The third kappa shape index (κ3) is 13.1. The Morgan fingerprint density at radius 2 is 1.00 bits per heavy atom. The Kier molecular flexibility index (Phi) is 20.0. The summed E-state index contributed by atoms with van der Waals surface area (Å²) in [4.78, 5) is 0. The molecule has 1 atom stereocenters. The van der Waals surface area contributed by atoms with Crippen molar-refractivity contribution >= 4 is 0 Å². The molecule has 4 nitrogen and oxygen atoms in total. The number of hydrogen-bond donors (Lipinski definition) is 1. The molecule has 1 unspecified atom stereocenters. The molecule has 0 aromatic heterocycles. The fourth-order valence-electron chi connectivity index (χ4n) is 3.42. The second kappa shape index (κ2) is 20.1. The van der Waals surface area contributed by atoms with Crippen LogP contribution in [0.3, 0.4) is 0 Å². The van der Waals surface area contributed by atoms with Crippen LogP contribution in [0.1, 0.15) is 118 Å². The topological polar surface area (TPSA) is 53.7 Å². The highest BCUT2D eigenvalue weighted by atomic mass is 16.9. The first-order valence-electron chi connectivity index (χ1n) is 12.3. The maximum Gasteiger partial charge on any atom is 0.285 e. The van der Waals surface area contributed by atoms with Crippen LogP contribution in [-0.4, -0.2) is 32.3 Å².